The Kier molecular flexibility index (Phi) is 4.66. The molecule has 0 heterocycles. The molecular formula is C13H24ClNO. The molecule has 0 aromatic rings. The Hall–Kier alpha value is -0.240. The fraction of sp³-hybridized carbons (Fsp3) is 0.923. The first-order valence-electron chi connectivity index (χ1n) is 6.34. The first kappa shape index (κ1) is 13.8. The molecule has 0 spiro atoms. The van der Waals surface area contributed by atoms with Gasteiger partial charge in [0, 0.05) is 11.3 Å². The fourth-order valence-corrected chi connectivity index (χ4v) is 2.46. The quantitative estimate of drug-likeness (QED) is 0.755. The van der Waals surface area contributed by atoms with Gasteiger partial charge < -0.3 is 5.32 Å². The van der Waals surface area contributed by atoms with E-state index in [9.17, 15) is 4.79 Å². The molecule has 0 aliphatic heterocycles. The monoisotopic (exact) mass is 245 g/mol. The largest absolute Gasteiger partial charge is 0.349 e. The second kappa shape index (κ2) is 5.39. The molecule has 0 radical (unpaired) electrons. The molecule has 16 heavy (non-hydrogen) atoms. The van der Waals surface area contributed by atoms with Crippen LogP contribution in [0.25, 0.3) is 0 Å². The van der Waals surface area contributed by atoms with Crippen LogP contribution in [0.3, 0.4) is 0 Å². The van der Waals surface area contributed by atoms with E-state index in [2.05, 4.69) is 19.2 Å². The lowest BCUT2D eigenvalue weighted by Gasteiger charge is -2.36. The summed E-state index contributed by atoms with van der Waals surface area (Å²) < 4.78 is 0. The van der Waals surface area contributed by atoms with Crippen molar-refractivity contribution in [1.82, 2.24) is 5.32 Å². The highest BCUT2D eigenvalue weighted by molar-refractivity contribution is 6.18. The van der Waals surface area contributed by atoms with E-state index in [-0.39, 0.29) is 16.9 Å². The molecule has 94 valence electrons. The molecule has 1 aliphatic carbocycles. The standard InChI is InChI=1S/C13H24ClNO/c1-4-13(3,10-14)15-11(16)12(2)8-6-5-7-9-12/h4-10H2,1-3H3,(H,15,16). The molecule has 0 aromatic heterocycles. The summed E-state index contributed by atoms with van der Waals surface area (Å²) >= 11 is 5.92. The molecule has 0 bridgehead atoms. The summed E-state index contributed by atoms with van der Waals surface area (Å²) in [4.78, 5) is 12.3. The molecule has 1 N–H and O–H groups in total. The molecule has 1 unspecified atom stereocenters. The Morgan fingerprint density at radius 1 is 1.38 bits per heavy atom. The van der Waals surface area contributed by atoms with Crippen LogP contribution in [-0.4, -0.2) is 17.3 Å². The summed E-state index contributed by atoms with van der Waals surface area (Å²) in [5, 5.41) is 3.13. The zero-order valence-electron chi connectivity index (χ0n) is 10.7. The van der Waals surface area contributed by atoms with E-state index < -0.39 is 0 Å². The van der Waals surface area contributed by atoms with Crippen LogP contribution in [0.4, 0.5) is 0 Å². The molecule has 1 fully saturated rings. The van der Waals surface area contributed by atoms with Crippen molar-refractivity contribution >= 4 is 17.5 Å². The molecule has 1 aliphatic rings. The van der Waals surface area contributed by atoms with Gasteiger partial charge in [-0.2, -0.15) is 0 Å². The van der Waals surface area contributed by atoms with Crippen LogP contribution in [0.1, 0.15) is 59.3 Å². The predicted octanol–water partition coefficient (Wildman–Crippen LogP) is 3.48. The topological polar surface area (TPSA) is 29.1 Å². The van der Waals surface area contributed by atoms with Gasteiger partial charge in [0.2, 0.25) is 5.91 Å². The van der Waals surface area contributed by atoms with Crippen molar-refractivity contribution in [3.63, 3.8) is 0 Å². The second-order valence-corrected chi connectivity index (χ2v) is 5.89. The Balaban J connectivity index is 2.63. The van der Waals surface area contributed by atoms with Crippen LogP contribution in [0.2, 0.25) is 0 Å². The average Bonchev–Trinajstić information content (AvgIpc) is 2.30. The summed E-state index contributed by atoms with van der Waals surface area (Å²) in [5.41, 5.74) is -0.417. The molecule has 2 nitrogen and oxygen atoms in total. The van der Waals surface area contributed by atoms with E-state index in [0.717, 1.165) is 19.3 Å². The molecule has 1 amide bonds. The maximum atomic E-state index is 12.3. The van der Waals surface area contributed by atoms with Crippen molar-refractivity contribution in [2.24, 2.45) is 5.41 Å². The summed E-state index contributed by atoms with van der Waals surface area (Å²) in [6.07, 6.45) is 6.52. The fourth-order valence-electron chi connectivity index (χ4n) is 2.20. The van der Waals surface area contributed by atoms with Crippen molar-refractivity contribution in [3.05, 3.63) is 0 Å². The highest BCUT2D eigenvalue weighted by Gasteiger charge is 2.37. The highest BCUT2D eigenvalue weighted by atomic mass is 35.5. The first-order valence-corrected chi connectivity index (χ1v) is 6.88. The number of carbonyl (C=O) groups excluding carboxylic acids is 1. The van der Waals surface area contributed by atoms with Crippen LogP contribution in [-0.2, 0) is 4.79 Å². The van der Waals surface area contributed by atoms with Gasteiger partial charge in [-0.05, 0) is 26.2 Å². The second-order valence-electron chi connectivity index (χ2n) is 5.62. The lowest BCUT2D eigenvalue weighted by molar-refractivity contribution is -0.133. The third kappa shape index (κ3) is 3.13. The number of nitrogens with one attached hydrogen (secondary N) is 1. The Labute approximate surface area is 104 Å². The number of alkyl halides is 1. The first-order chi connectivity index (χ1) is 7.46. The maximum Gasteiger partial charge on any atom is 0.226 e. The smallest absolute Gasteiger partial charge is 0.226 e. The number of rotatable bonds is 4. The lowest BCUT2D eigenvalue weighted by Crippen LogP contribution is -2.52. The minimum Gasteiger partial charge on any atom is -0.349 e. The number of hydrogen-bond acceptors (Lipinski definition) is 1. The van der Waals surface area contributed by atoms with Gasteiger partial charge in [-0.3, -0.25) is 4.79 Å². The van der Waals surface area contributed by atoms with Crippen molar-refractivity contribution in [2.45, 2.75) is 64.8 Å². The van der Waals surface area contributed by atoms with Crippen LogP contribution in [0.15, 0.2) is 0 Å². The number of hydrogen-bond donors (Lipinski definition) is 1. The van der Waals surface area contributed by atoms with E-state index in [1.165, 1.54) is 19.3 Å². The normalized spacial score (nSPS) is 23.5. The third-order valence-corrected chi connectivity index (χ3v) is 4.59. The van der Waals surface area contributed by atoms with Crippen molar-refractivity contribution in [3.8, 4) is 0 Å². The lowest BCUT2D eigenvalue weighted by atomic mass is 9.74. The average molecular weight is 246 g/mol. The van der Waals surface area contributed by atoms with E-state index in [1.54, 1.807) is 0 Å². The molecular weight excluding hydrogens is 222 g/mol. The molecule has 1 rings (SSSR count). The van der Waals surface area contributed by atoms with Gasteiger partial charge in [0.25, 0.3) is 0 Å². The van der Waals surface area contributed by atoms with Gasteiger partial charge in [-0.25, -0.2) is 0 Å². The van der Waals surface area contributed by atoms with Gasteiger partial charge >= 0.3 is 0 Å². The molecule has 0 saturated heterocycles. The van der Waals surface area contributed by atoms with Crippen molar-refractivity contribution in [1.29, 1.82) is 0 Å². The summed E-state index contributed by atoms with van der Waals surface area (Å²) in [6.45, 7) is 6.17. The van der Waals surface area contributed by atoms with E-state index in [1.807, 2.05) is 6.92 Å². The van der Waals surface area contributed by atoms with Crippen LogP contribution < -0.4 is 5.32 Å². The maximum absolute atomic E-state index is 12.3. The molecule has 1 atom stereocenters. The van der Waals surface area contributed by atoms with Gasteiger partial charge in [0.15, 0.2) is 0 Å². The molecule has 0 aromatic carbocycles. The minimum atomic E-state index is -0.251. The number of amides is 1. The Morgan fingerprint density at radius 3 is 2.38 bits per heavy atom. The van der Waals surface area contributed by atoms with Crippen LogP contribution in [0, 0.1) is 5.41 Å². The molecule has 3 heteroatoms. The zero-order chi connectivity index (χ0) is 12.2. The van der Waals surface area contributed by atoms with Gasteiger partial charge in [0.05, 0.1) is 5.54 Å². The van der Waals surface area contributed by atoms with E-state index in [0.29, 0.717) is 5.88 Å². The zero-order valence-corrected chi connectivity index (χ0v) is 11.5. The summed E-state index contributed by atoms with van der Waals surface area (Å²) in [6, 6.07) is 0. The summed E-state index contributed by atoms with van der Waals surface area (Å²) in [7, 11) is 0. The van der Waals surface area contributed by atoms with Crippen LogP contribution in [0.5, 0.6) is 0 Å². The highest BCUT2D eigenvalue weighted by Crippen LogP contribution is 2.36. The van der Waals surface area contributed by atoms with Crippen molar-refractivity contribution in [2.75, 3.05) is 5.88 Å². The van der Waals surface area contributed by atoms with Gasteiger partial charge in [0.1, 0.15) is 0 Å². The van der Waals surface area contributed by atoms with E-state index >= 15 is 0 Å². The number of halogens is 1. The Morgan fingerprint density at radius 2 is 1.94 bits per heavy atom. The summed E-state index contributed by atoms with van der Waals surface area (Å²) in [5.74, 6) is 0.669. The minimum absolute atomic E-state index is 0.166. The third-order valence-electron chi connectivity index (χ3n) is 4.00. The Bertz CT molecular complexity index is 242. The van der Waals surface area contributed by atoms with Gasteiger partial charge in [-0.1, -0.05) is 33.1 Å². The predicted molar refractivity (Wildman–Crippen MR) is 68.8 cm³/mol. The SMILES string of the molecule is CCC(C)(CCl)NC(=O)C1(C)CCCCC1. The van der Waals surface area contributed by atoms with Gasteiger partial charge in [-0.15, -0.1) is 11.6 Å². The number of carbonyl (C=O) groups is 1. The van der Waals surface area contributed by atoms with Crippen molar-refractivity contribution < 1.29 is 4.79 Å². The van der Waals surface area contributed by atoms with Crippen LogP contribution >= 0.6 is 11.6 Å². The van der Waals surface area contributed by atoms with E-state index in [4.69, 9.17) is 11.6 Å². The molecule has 1 saturated carbocycles.